The summed E-state index contributed by atoms with van der Waals surface area (Å²) in [6.07, 6.45) is 0. The average molecular weight is 295 g/mol. The minimum atomic E-state index is -2.88. The average Bonchev–Trinajstić information content (AvgIpc) is 2.37. The fraction of sp³-hybridized carbons (Fsp3) is 0. The molecule has 1 atom stereocenters. The van der Waals surface area contributed by atoms with Gasteiger partial charge < -0.3 is 19.2 Å². The molecule has 0 saturated carbocycles. The highest BCUT2D eigenvalue weighted by Crippen LogP contribution is 2.40. The lowest BCUT2D eigenvalue weighted by atomic mass is 10.1. The predicted octanol–water partition coefficient (Wildman–Crippen LogP) is 2.36. The van der Waals surface area contributed by atoms with Crippen LogP contribution in [0.1, 0.15) is 0 Å². The third-order valence-electron chi connectivity index (χ3n) is 2.54. The summed E-state index contributed by atoms with van der Waals surface area (Å²) in [5.41, 5.74) is 13.3. The van der Waals surface area contributed by atoms with Crippen LogP contribution >= 0.6 is 0 Å². The first-order chi connectivity index (χ1) is 9.41. The van der Waals surface area contributed by atoms with E-state index >= 15 is 0 Å². The lowest BCUT2D eigenvalue weighted by Gasteiger charge is -2.12. The standard InChI is InChI=1S/C10H8N4O5S/c11-13(15)8-5-9(19-20(17)18)6-3-1-2-4-7(6)10(8)14(12)16/h1-5,11-12H,(H,17,18)/p-1. The van der Waals surface area contributed by atoms with Crippen LogP contribution in [0.3, 0.4) is 0 Å². The van der Waals surface area contributed by atoms with Crippen LogP contribution < -0.4 is 4.18 Å². The normalized spacial score (nSPS) is 12.1. The topological polar surface area (TPSA) is 149 Å². The lowest BCUT2D eigenvalue weighted by molar-refractivity contribution is -0.499. The monoisotopic (exact) mass is 295 g/mol. The summed E-state index contributed by atoms with van der Waals surface area (Å²) in [7, 11) is 0. The molecule has 2 aromatic carbocycles. The molecule has 0 aliphatic carbocycles. The number of nitrogens with one attached hydrogen (secondary N) is 2. The number of hydrogen-bond acceptors (Lipinski definition) is 7. The number of rotatable bonds is 4. The van der Waals surface area contributed by atoms with E-state index in [9.17, 15) is 19.2 Å². The van der Waals surface area contributed by atoms with Gasteiger partial charge in [0.1, 0.15) is 11.4 Å². The summed E-state index contributed by atoms with van der Waals surface area (Å²) in [4.78, 5) is -0.698. The van der Waals surface area contributed by atoms with Gasteiger partial charge in [-0.25, -0.2) is 4.21 Å². The summed E-state index contributed by atoms with van der Waals surface area (Å²) in [6.45, 7) is 0. The Kier molecular flexibility index (Phi) is 3.59. The Bertz CT molecular complexity index is 748. The maximum Gasteiger partial charge on any atom is 0.326 e. The van der Waals surface area contributed by atoms with Crippen LogP contribution in [0, 0.1) is 21.5 Å². The second-order valence-electron chi connectivity index (χ2n) is 3.66. The fourth-order valence-electron chi connectivity index (χ4n) is 1.82. The van der Waals surface area contributed by atoms with Gasteiger partial charge in [0.15, 0.2) is 5.75 Å². The summed E-state index contributed by atoms with van der Waals surface area (Å²) >= 11 is -2.88. The Morgan fingerprint density at radius 2 is 1.70 bits per heavy atom. The second kappa shape index (κ2) is 5.19. The molecule has 0 fully saturated rings. The molecule has 0 heterocycles. The van der Waals surface area contributed by atoms with Crippen molar-refractivity contribution >= 4 is 33.5 Å². The van der Waals surface area contributed by atoms with Crippen LogP contribution in [-0.2, 0) is 11.4 Å². The van der Waals surface area contributed by atoms with E-state index in [-0.39, 0.29) is 31.9 Å². The van der Waals surface area contributed by atoms with Crippen LogP contribution in [-0.4, -0.2) is 18.5 Å². The molecule has 9 nitrogen and oxygen atoms in total. The quantitative estimate of drug-likeness (QED) is 0.384. The molecule has 0 radical (unpaired) electrons. The minimum Gasteiger partial charge on any atom is -0.740 e. The van der Waals surface area contributed by atoms with Gasteiger partial charge in [-0.1, -0.05) is 27.9 Å². The zero-order chi connectivity index (χ0) is 14.9. The highest BCUT2D eigenvalue weighted by Gasteiger charge is 2.26. The molecule has 104 valence electrons. The minimum absolute atomic E-state index is 0.128. The van der Waals surface area contributed by atoms with E-state index in [0.29, 0.717) is 0 Å². The molecule has 2 N–H and O–H groups in total. The van der Waals surface area contributed by atoms with Gasteiger partial charge in [0.2, 0.25) is 0 Å². The third-order valence-corrected chi connectivity index (χ3v) is 2.85. The van der Waals surface area contributed by atoms with E-state index in [4.69, 9.17) is 11.1 Å². The van der Waals surface area contributed by atoms with Crippen molar-refractivity contribution in [2.24, 2.45) is 0 Å². The van der Waals surface area contributed by atoms with E-state index in [0.717, 1.165) is 6.07 Å². The molecule has 20 heavy (non-hydrogen) atoms. The largest absolute Gasteiger partial charge is 0.740 e. The molecule has 0 aromatic heterocycles. The van der Waals surface area contributed by atoms with Gasteiger partial charge in [0.25, 0.3) is 0 Å². The maximum absolute atomic E-state index is 11.3. The van der Waals surface area contributed by atoms with Crippen molar-refractivity contribution in [3.8, 4) is 5.75 Å². The van der Waals surface area contributed by atoms with Gasteiger partial charge in [-0.05, 0) is 17.1 Å². The SMILES string of the molecule is N=[N+]([O-])c1cc(OS(=O)[O-])c2ccccc2c1[N+](=N)[O-]. The van der Waals surface area contributed by atoms with Crippen molar-refractivity contribution < 1.29 is 22.7 Å². The Morgan fingerprint density at radius 1 is 1.10 bits per heavy atom. The lowest BCUT2D eigenvalue weighted by Crippen LogP contribution is -2.02. The Morgan fingerprint density at radius 3 is 2.20 bits per heavy atom. The Hall–Kier alpha value is -2.59. The zero-order valence-electron chi connectivity index (χ0n) is 9.73. The molecule has 2 rings (SSSR count). The summed E-state index contributed by atoms with van der Waals surface area (Å²) in [5.74, 6) is -0.206. The summed E-state index contributed by atoms with van der Waals surface area (Å²) < 4.78 is 25.8. The highest BCUT2D eigenvalue weighted by atomic mass is 32.2. The van der Waals surface area contributed by atoms with Crippen LogP contribution in [0.25, 0.3) is 10.8 Å². The number of fused-ring (bicyclic) bond motifs is 1. The van der Waals surface area contributed by atoms with Crippen LogP contribution in [0.15, 0.2) is 30.3 Å². The zero-order valence-corrected chi connectivity index (χ0v) is 10.5. The molecule has 1 unspecified atom stereocenters. The molecule has 0 saturated heterocycles. The molecule has 10 heteroatoms. The van der Waals surface area contributed by atoms with E-state index in [1.54, 1.807) is 6.07 Å². The smallest absolute Gasteiger partial charge is 0.326 e. The second-order valence-corrected chi connectivity index (χ2v) is 4.24. The van der Waals surface area contributed by atoms with Gasteiger partial charge in [-0.15, -0.1) is 0 Å². The molecular weight excluding hydrogens is 288 g/mol. The van der Waals surface area contributed by atoms with E-state index in [2.05, 4.69) is 4.18 Å². The molecule has 0 aliphatic rings. The third kappa shape index (κ3) is 2.41. The van der Waals surface area contributed by atoms with E-state index in [1.807, 2.05) is 0 Å². The van der Waals surface area contributed by atoms with Crippen molar-refractivity contribution in [1.82, 2.24) is 0 Å². The maximum atomic E-state index is 11.3. The predicted molar refractivity (Wildman–Crippen MR) is 65.5 cm³/mol. The molecule has 0 aliphatic heterocycles. The Labute approximate surface area is 114 Å². The first-order valence-electron chi connectivity index (χ1n) is 5.12. The van der Waals surface area contributed by atoms with Crippen LogP contribution in [0.2, 0.25) is 0 Å². The first kappa shape index (κ1) is 13.8. The first-order valence-corrected chi connectivity index (χ1v) is 6.12. The number of benzene rings is 2. The van der Waals surface area contributed by atoms with Crippen LogP contribution in [0.4, 0.5) is 11.4 Å². The van der Waals surface area contributed by atoms with Gasteiger partial charge in [-0.3, -0.25) is 0 Å². The van der Waals surface area contributed by atoms with E-state index < -0.39 is 17.0 Å². The number of nitrogens with zero attached hydrogens (tertiary/aromatic N) is 2. The van der Waals surface area contributed by atoms with Gasteiger partial charge >= 0.3 is 11.4 Å². The van der Waals surface area contributed by atoms with Crippen molar-refractivity contribution in [3.05, 3.63) is 40.7 Å². The van der Waals surface area contributed by atoms with Gasteiger partial charge in [0, 0.05) is 5.39 Å². The van der Waals surface area contributed by atoms with Crippen molar-refractivity contribution in [3.63, 3.8) is 0 Å². The fourth-order valence-corrected chi connectivity index (χ4v) is 2.11. The molecule has 0 amide bonds. The molecule has 0 bridgehead atoms. The van der Waals surface area contributed by atoms with Crippen molar-refractivity contribution in [2.45, 2.75) is 0 Å². The Balaban J connectivity index is 2.90. The molecule has 0 spiro atoms. The summed E-state index contributed by atoms with van der Waals surface area (Å²) in [5, 5.41) is 22.8. The highest BCUT2D eigenvalue weighted by molar-refractivity contribution is 7.74. The summed E-state index contributed by atoms with van der Waals surface area (Å²) in [6, 6.07) is 6.91. The number of hydrogen-bond donors (Lipinski definition) is 2. The van der Waals surface area contributed by atoms with E-state index in [1.165, 1.54) is 18.2 Å². The van der Waals surface area contributed by atoms with Crippen molar-refractivity contribution in [2.75, 3.05) is 0 Å². The molecule has 2 aromatic rings. The molecular formula is C10H7N4O5S-. The van der Waals surface area contributed by atoms with Crippen LogP contribution in [0.5, 0.6) is 5.75 Å². The van der Waals surface area contributed by atoms with Crippen molar-refractivity contribution in [1.29, 1.82) is 11.1 Å². The van der Waals surface area contributed by atoms with Gasteiger partial charge in [0.05, 0.1) is 11.5 Å². The van der Waals surface area contributed by atoms with Gasteiger partial charge in [-0.2, -0.15) is 0 Å².